The topological polar surface area (TPSA) is 114 Å². The third kappa shape index (κ3) is 5.68. The van der Waals surface area contributed by atoms with Crippen LogP contribution in [0.15, 0.2) is 78.9 Å². The van der Waals surface area contributed by atoms with Crippen molar-refractivity contribution in [3.8, 4) is 11.1 Å². The van der Waals surface area contributed by atoms with Gasteiger partial charge in [0.05, 0.1) is 19.3 Å². The van der Waals surface area contributed by atoms with Gasteiger partial charge in [0, 0.05) is 26.0 Å². The number of benzene rings is 3. The lowest BCUT2D eigenvalue weighted by atomic mass is 9.95. The third-order valence-corrected chi connectivity index (χ3v) is 8.08. The van der Waals surface area contributed by atoms with Crippen molar-refractivity contribution in [2.45, 2.75) is 43.6 Å². The molecule has 1 saturated heterocycles. The summed E-state index contributed by atoms with van der Waals surface area (Å²) >= 11 is 0. The van der Waals surface area contributed by atoms with Gasteiger partial charge in [0.1, 0.15) is 12.6 Å². The second-order valence-corrected chi connectivity index (χ2v) is 10.5. The number of rotatable bonds is 10. The Morgan fingerprint density at radius 1 is 1.00 bits per heavy atom. The number of nitrogens with one attached hydrogen (secondary N) is 1. The molecule has 2 amide bonds. The van der Waals surface area contributed by atoms with Crippen molar-refractivity contribution >= 4 is 18.0 Å². The van der Waals surface area contributed by atoms with Crippen LogP contribution in [-0.2, 0) is 30.4 Å². The van der Waals surface area contributed by atoms with Gasteiger partial charge in [-0.15, -0.1) is 0 Å². The molecule has 2 aliphatic rings. The number of carbonyl (C=O) groups is 3. The minimum Gasteiger partial charge on any atom is -0.479 e. The summed E-state index contributed by atoms with van der Waals surface area (Å²) in [6.07, 6.45) is -1.44. The van der Waals surface area contributed by atoms with Crippen molar-refractivity contribution in [2.24, 2.45) is 0 Å². The first-order valence-corrected chi connectivity index (χ1v) is 13.7. The van der Waals surface area contributed by atoms with Crippen LogP contribution in [0.4, 0.5) is 4.79 Å². The lowest BCUT2D eigenvalue weighted by Crippen LogP contribution is -2.62. The van der Waals surface area contributed by atoms with E-state index in [0.29, 0.717) is 0 Å². The molecular weight excluding hydrogens is 524 g/mol. The Bertz CT molecular complexity index is 1360. The number of carboxylic acids is 1. The quantitative estimate of drug-likeness (QED) is 0.383. The van der Waals surface area contributed by atoms with Gasteiger partial charge in [0.15, 0.2) is 5.54 Å². The number of nitrogens with zero attached hydrogens (tertiary/aromatic N) is 1. The first kappa shape index (κ1) is 28.3. The highest BCUT2D eigenvalue weighted by atomic mass is 16.5. The maximum Gasteiger partial charge on any atom is 0.407 e. The van der Waals surface area contributed by atoms with Gasteiger partial charge in [-0.05, 0) is 34.7 Å². The standard InChI is InChI=1S/C32H34N2O7/c1-21(40-18-22-10-4-3-5-11-22)28(29(35)34(2)32(30(36)37)16-17-39-20-32)33-31(38)41-19-27-25-14-8-6-12-23(25)24-13-7-9-15-26(24)27/h3-15,21,27-28H,16-20H2,1-2H3,(H,33,38)(H,36,37). The summed E-state index contributed by atoms with van der Waals surface area (Å²) in [6, 6.07) is 24.3. The van der Waals surface area contributed by atoms with E-state index in [0.717, 1.165) is 32.7 Å². The fourth-order valence-electron chi connectivity index (χ4n) is 5.60. The third-order valence-electron chi connectivity index (χ3n) is 8.08. The zero-order chi connectivity index (χ0) is 29.0. The number of likely N-dealkylation sites (N-methyl/N-ethyl adjacent to an activating group) is 1. The largest absolute Gasteiger partial charge is 0.479 e. The van der Waals surface area contributed by atoms with Crippen LogP contribution in [0.2, 0.25) is 0 Å². The van der Waals surface area contributed by atoms with Gasteiger partial charge in [-0.3, -0.25) is 4.79 Å². The first-order valence-electron chi connectivity index (χ1n) is 13.7. The Labute approximate surface area is 239 Å². The molecule has 0 bridgehead atoms. The van der Waals surface area contributed by atoms with Crippen LogP contribution in [0.3, 0.4) is 0 Å². The molecule has 5 rings (SSSR count). The number of carbonyl (C=O) groups excluding carboxylic acids is 2. The molecule has 3 atom stereocenters. The predicted octanol–water partition coefficient (Wildman–Crippen LogP) is 4.20. The van der Waals surface area contributed by atoms with Crippen molar-refractivity contribution in [2.75, 3.05) is 26.9 Å². The van der Waals surface area contributed by atoms with Crippen molar-refractivity contribution in [3.05, 3.63) is 95.6 Å². The number of hydrogen-bond donors (Lipinski definition) is 2. The summed E-state index contributed by atoms with van der Waals surface area (Å²) in [5.74, 6) is -1.92. The molecule has 9 nitrogen and oxygen atoms in total. The van der Waals surface area contributed by atoms with E-state index < -0.39 is 35.7 Å². The number of amides is 2. The lowest BCUT2D eigenvalue weighted by Gasteiger charge is -2.37. The monoisotopic (exact) mass is 558 g/mol. The number of carboxylic acid groups (broad SMARTS) is 1. The van der Waals surface area contributed by atoms with E-state index in [1.165, 1.54) is 7.05 Å². The molecule has 41 heavy (non-hydrogen) atoms. The molecule has 214 valence electrons. The molecule has 0 spiro atoms. The molecule has 9 heteroatoms. The Hall–Kier alpha value is -4.21. The van der Waals surface area contributed by atoms with E-state index in [1.54, 1.807) is 6.92 Å². The van der Waals surface area contributed by atoms with Crippen LogP contribution in [0.5, 0.6) is 0 Å². The Morgan fingerprint density at radius 2 is 1.61 bits per heavy atom. The number of aliphatic carboxylic acids is 1. The molecule has 0 saturated carbocycles. The maximum atomic E-state index is 13.8. The highest BCUT2D eigenvalue weighted by Gasteiger charge is 2.50. The Kier molecular flexibility index (Phi) is 8.37. The zero-order valence-electron chi connectivity index (χ0n) is 23.1. The molecule has 0 radical (unpaired) electrons. The smallest absolute Gasteiger partial charge is 0.407 e. The van der Waals surface area contributed by atoms with E-state index in [2.05, 4.69) is 17.4 Å². The average Bonchev–Trinajstić information content (AvgIpc) is 3.62. The van der Waals surface area contributed by atoms with Gasteiger partial charge in [-0.1, -0.05) is 78.9 Å². The van der Waals surface area contributed by atoms with Gasteiger partial charge >= 0.3 is 12.1 Å². The summed E-state index contributed by atoms with van der Waals surface area (Å²) in [4.78, 5) is 40.3. The zero-order valence-corrected chi connectivity index (χ0v) is 23.1. The van der Waals surface area contributed by atoms with E-state index in [1.807, 2.05) is 66.7 Å². The van der Waals surface area contributed by atoms with Crippen LogP contribution in [0.25, 0.3) is 11.1 Å². The number of hydrogen-bond acceptors (Lipinski definition) is 6. The lowest BCUT2D eigenvalue weighted by molar-refractivity contribution is -0.160. The Balaban J connectivity index is 1.32. The number of alkyl carbamates (subject to hydrolysis) is 1. The molecule has 1 heterocycles. The summed E-state index contributed by atoms with van der Waals surface area (Å²) in [5, 5.41) is 12.7. The SMILES string of the molecule is CC(OCc1ccccc1)C(NC(=O)OCC1c2ccccc2-c2ccccc21)C(=O)N(C)C1(C(=O)O)CCOC1. The molecule has 1 fully saturated rings. The first-order chi connectivity index (χ1) is 19.8. The van der Waals surface area contributed by atoms with Crippen LogP contribution in [-0.4, -0.2) is 72.5 Å². The van der Waals surface area contributed by atoms with Crippen LogP contribution in [0, 0.1) is 0 Å². The van der Waals surface area contributed by atoms with E-state index in [9.17, 15) is 19.5 Å². The summed E-state index contributed by atoms with van der Waals surface area (Å²) in [5.41, 5.74) is 3.71. The van der Waals surface area contributed by atoms with E-state index >= 15 is 0 Å². The fraction of sp³-hybridized carbons (Fsp3) is 0.344. The number of fused-ring (bicyclic) bond motifs is 3. The van der Waals surface area contributed by atoms with Crippen LogP contribution >= 0.6 is 0 Å². The Morgan fingerprint density at radius 3 is 2.20 bits per heavy atom. The van der Waals surface area contributed by atoms with E-state index in [4.69, 9.17) is 14.2 Å². The van der Waals surface area contributed by atoms with Gasteiger partial charge in [0.25, 0.3) is 0 Å². The van der Waals surface area contributed by atoms with Crippen molar-refractivity contribution in [1.29, 1.82) is 0 Å². The highest BCUT2D eigenvalue weighted by molar-refractivity contribution is 5.92. The molecule has 1 aliphatic carbocycles. The van der Waals surface area contributed by atoms with Crippen molar-refractivity contribution in [1.82, 2.24) is 10.2 Å². The minimum absolute atomic E-state index is 0.0722. The van der Waals surface area contributed by atoms with Crippen molar-refractivity contribution < 1.29 is 33.7 Å². The highest BCUT2D eigenvalue weighted by Crippen LogP contribution is 2.44. The van der Waals surface area contributed by atoms with Gasteiger partial charge < -0.3 is 29.5 Å². The molecule has 3 aromatic carbocycles. The van der Waals surface area contributed by atoms with Gasteiger partial charge in [0.2, 0.25) is 5.91 Å². The number of ether oxygens (including phenoxy) is 3. The maximum absolute atomic E-state index is 13.8. The molecule has 2 N–H and O–H groups in total. The molecular formula is C32H34N2O7. The van der Waals surface area contributed by atoms with Crippen molar-refractivity contribution in [3.63, 3.8) is 0 Å². The average molecular weight is 559 g/mol. The second-order valence-electron chi connectivity index (χ2n) is 10.5. The summed E-state index contributed by atoms with van der Waals surface area (Å²) in [7, 11) is 1.42. The van der Waals surface area contributed by atoms with E-state index in [-0.39, 0.29) is 38.8 Å². The summed E-state index contributed by atoms with van der Waals surface area (Å²) < 4.78 is 17.0. The predicted molar refractivity (Wildman–Crippen MR) is 151 cm³/mol. The van der Waals surface area contributed by atoms with Crippen LogP contribution in [0.1, 0.15) is 36.0 Å². The minimum atomic E-state index is -1.53. The van der Waals surface area contributed by atoms with Crippen LogP contribution < -0.4 is 5.32 Å². The molecule has 3 aromatic rings. The molecule has 1 aliphatic heterocycles. The van der Waals surface area contributed by atoms with Gasteiger partial charge in [-0.25, -0.2) is 9.59 Å². The fourth-order valence-corrected chi connectivity index (χ4v) is 5.60. The second kappa shape index (κ2) is 12.1. The molecule has 0 aromatic heterocycles. The normalized spacial score (nSPS) is 19.1. The molecule has 3 unspecified atom stereocenters. The summed E-state index contributed by atoms with van der Waals surface area (Å²) in [6.45, 7) is 2.02. The van der Waals surface area contributed by atoms with Gasteiger partial charge in [-0.2, -0.15) is 0 Å².